The number of phenolic OH excluding ortho intramolecular Hbond substituents is 2. The van der Waals surface area contributed by atoms with Crippen LogP contribution in [0.4, 0.5) is 0 Å². The lowest BCUT2D eigenvalue weighted by molar-refractivity contribution is 0.463. The minimum absolute atomic E-state index is 0.261. The number of phenols is 2. The number of hydrogen-bond donors (Lipinski definition) is 2. The lowest BCUT2D eigenvalue weighted by Crippen LogP contribution is -2.24. The van der Waals surface area contributed by atoms with Gasteiger partial charge in [-0.2, -0.15) is 0 Å². The van der Waals surface area contributed by atoms with Gasteiger partial charge in [-0.1, -0.05) is 91.9 Å². The van der Waals surface area contributed by atoms with Gasteiger partial charge in [0.1, 0.15) is 11.5 Å². The lowest BCUT2D eigenvalue weighted by Gasteiger charge is -2.33. The second-order valence-electron chi connectivity index (χ2n) is 8.34. The van der Waals surface area contributed by atoms with Gasteiger partial charge in [0.05, 0.1) is 0 Å². The summed E-state index contributed by atoms with van der Waals surface area (Å²) in [6.45, 7) is 2.25. The first-order valence-electron chi connectivity index (χ1n) is 10.8. The maximum atomic E-state index is 9.81. The highest BCUT2D eigenvalue weighted by Crippen LogP contribution is 2.41. The van der Waals surface area contributed by atoms with Crippen molar-refractivity contribution in [3.63, 3.8) is 0 Å². The Morgan fingerprint density at radius 3 is 1.35 bits per heavy atom. The minimum Gasteiger partial charge on any atom is -0.508 e. The predicted molar refractivity (Wildman–Crippen MR) is 127 cm³/mol. The SMILES string of the molecule is CC(CCC(c1ccccc1)c1ccccc1)(c1ccc(O)cc1)c1ccc(O)cc1. The van der Waals surface area contributed by atoms with E-state index in [4.69, 9.17) is 0 Å². The van der Waals surface area contributed by atoms with Gasteiger partial charge in [-0.05, 0) is 59.4 Å². The van der Waals surface area contributed by atoms with Crippen molar-refractivity contribution >= 4 is 0 Å². The fourth-order valence-corrected chi connectivity index (χ4v) is 4.44. The van der Waals surface area contributed by atoms with Crippen LogP contribution >= 0.6 is 0 Å². The summed E-state index contributed by atoms with van der Waals surface area (Å²) in [5, 5.41) is 19.6. The highest BCUT2D eigenvalue weighted by atomic mass is 16.3. The van der Waals surface area contributed by atoms with Crippen LogP contribution < -0.4 is 0 Å². The Balaban J connectivity index is 1.72. The van der Waals surface area contributed by atoms with E-state index in [2.05, 4.69) is 67.6 Å². The van der Waals surface area contributed by atoms with Crippen LogP contribution in [0.25, 0.3) is 0 Å². The van der Waals surface area contributed by atoms with Crippen LogP contribution in [0.15, 0.2) is 109 Å². The zero-order valence-electron chi connectivity index (χ0n) is 17.8. The Hall–Kier alpha value is -3.52. The van der Waals surface area contributed by atoms with Gasteiger partial charge in [0.15, 0.2) is 0 Å². The Bertz CT molecular complexity index is 1000. The molecule has 0 atom stereocenters. The van der Waals surface area contributed by atoms with Crippen molar-refractivity contribution in [1.82, 2.24) is 0 Å². The van der Waals surface area contributed by atoms with Crippen LogP contribution in [0.1, 0.15) is 47.9 Å². The smallest absolute Gasteiger partial charge is 0.115 e. The molecule has 0 aliphatic rings. The van der Waals surface area contributed by atoms with Gasteiger partial charge in [0, 0.05) is 11.3 Å². The lowest BCUT2D eigenvalue weighted by atomic mass is 9.70. The third kappa shape index (κ3) is 4.64. The van der Waals surface area contributed by atoms with E-state index in [1.165, 1.54) is 11.1 Å². The number of benzene rings is 4. The maximum absolute atomic E-state index is 9.81. The van der Waals surface area contributed by atoms with E-state index in [0.29, 0.717) is 0 Å². The van der Waals surface area contributed by atoms with Crippen LogP contribution in [-0.4, -0.2) is 10.2 Å². The van der Waals surface area contributed by atoms with Crippen LogP contribution in [-0.2, 0) is 5.41 Å². The largest absolute Gasteiger partial charge is 0.508 e. The summed E-state index contributed by atoms with van der Waals surface area (Å²) >= 11 is 0. The summed E-state index contributed by atoms with van der Waals surface area (Å²) in [6.07, 6.45) is 1.88. The Labute approximate surface area is 184 Å². The van der Waals surface area contributed by atoms with Crippen molar-refractivity contribution in [3.05, 3.63) is 131 Å². The zero-order chi connectivity index (χ0) is 21.7. The van der Waals surface area contributed by atoms with Crippen LogP contribution in [0.2, 0.25) is 0 Å². The molecule has 0 aliphatic carbocycles. The van der Waals surface area contributed by atoms with E-state index < -0.39 is 0 Å². The molecule has 31 heavy (non-hydrogen) atoms. The molecular weight excluding hydrogens is 380 g/mol. The average molecular weight is 409 g/mol. The minimum atomic E-state index is -0.261. The van der Waals surface area contributed by atoms with E-state index >= 15 is 0 Å². The second kappa shape index (κ2) is 9.09. The molecule has 0 aliphatic heterocycles. The van der Waals surface area contributed by atoms with Crippen molar-refractivity contribution in [1.29, 1.82) is 0 Å². The monoisotopic (exact) mass is 408 g/mol. The third-order valence-electron chi connectivity index (χ3n) is 6.35. The molecule has 0 bridgehead atoms. The summed E-state index contributed by atoms with van der Waals surface area (Å²) in [5.74, 6) is 0.822. The van der Waals surface area contributed by atoms with E-state index in [9.17, 15) is 10.2 Å². The van der Waals surface area contributed by atoms with E-state index in [1.54, 1.807) is 24.3 Å². The molecule has 0 amide bonds. The highest BCUT2D eigenvalue weighted by Gasteiger charge is 2.30. The van der Waals surface area contributed by atoms with Crippen molar-refractivity contribution in [3.8, 4) is 11.5 Å². The topological polar surface area (TPSA) is 40.5 Å². The molecule has 4 rings (SSSR count). The summed E-state index contributed by atoms with van der Waals surface area (Å²) in [4.78, 5) is 0. The third-order valence-corrected chi connectivity index (χ3v) is 6.35. The molecule has 2 heteroatoms. The summed E-state index contributed by atoms with van der Waals surface area (Å²) < 4.78 is 0. The first-order valence-corrected chi connectivity index (χ1v) is 10.8. The van der Waals surface area contributed by atoms with Crippen molar-refractivity contribution < 1.29 is 10.2 Å². The van der Waals surface area contributed by atoms with E-state index in [0.717, 1.165) is 24.0 Å². The van der Waals surface area contributed by atoms with Crippen molar-refractivity contribution in [2.24, 2.45) is 0 Å². The molecule has 0 saturated carbocycles. The van der Waals surface area contributed by atoms with Gasteiger partial charge in [0.25, 0.3) is 0 Å². The van der Waals surface area contributed by atoms with Gasteiger partial charge >= 0.3 is 0 Å². The summed E-state index contributed by atoms with van der Waals surface area (Å²) in [6, 6.07) is 36.3. The summed E-state index contributed by atoms with van der Waals surface area (Å²) in [7, 11) is 0. The number of aromatic hydroxyl groups is 2. The molecule has 2 nitrogen and oxygen atoms in total. The molecule has 4 aromatic rings. The fourth-order valence-electron chi connectivity index (χ4n) is 4.44. The molecule has 0 spiro atoms. The molecule has 0 heterocycles. The normalized spacial score (nSPS) is 11.5. The fraction of sp³-hybridized carbons (Fsp3) is 0.172. The van der Waals surface area contributed by atoms with Gasteiger partial charge in [-0.3, -0.25) is 0 Å². The predicted octanol–water partition coefficient (Wildman–Crippen LogP) is 7.02. The Morgan fingerprint density at radius 2 is 0.968 bits per heavy atom. The zero-order valence-corrected chi connectivity index (χ0v) is 17.8. The van der Waals surface area contributed by atoms with Crippen LogP contribution in [0, 0.1) is 0 Å². The molecule has 0 unspecified atom stereocenters. The summed E-state index contributed by atoms with van der Waals surface area (Å²) in [5.41, 5.74) is 4.66. The van der Waals surface area contributed by atoms with Crippen LogP contribution in [0.3, 0.4) is 0 Å². The number of rotatable bonds is 7. The van der Waals surface area contributed by atoms with Gasteiger partial charge in [-0.25, -0.2) is 0 Å². The average Bonchev–Trinajstić information content (AvgIpc) is 2.81. The van der Waals surface area contributed by atoms with E-state index in [1.807, 2.05) is 24.3 Å². The Kier molecular flexibility index (Phi) is 6.08. The standard InChI is InChI=1S/C29H28O2/c1-29(24-12-16-26(30)17-13-24,25-14-18-27(31)19-15-25)21-20-28(22-8-4-2-5-9-22)23-10-6-3-7-11-23/h2-19,28,30-31H,20-21H2,1H3. The van der Waals surface area contributed by atoms with Gasteiger partial charge < -0.3 is 10.2 Å². The quantitative estimate of drug-likeness (QED) is 0.345. The Morgan fingerprint density at radius 1 is 0.581 bits per heavy atom. The highest BCUT2D eigenvalue weighted by molar-refractivity contribution is 5.43. The molecule has 2 N–H and O–H groups in total. The molecule has 0 radical (unpaired) electrons. The molecule has 156 valence electrons. The van der Waals surface area contributed by atoms with Gasteiger partial charge in [-0.15, -0.1) is 0 Å². The molecule has 4 aromatic carbocycles. The first kappa shape index (κ1) is 20.7. The molecule has 0 aromatic heterocycles. The molecule has 0 saturated heterocycles. The van der Waals surface area contributed by atoms with Crippen molar-refractivity contribution in [2.45, 2.75) is 31.1 Å². The maximum Gasteiger partial charge on any atom is 0.115 e. The number of hydrogen-bond acceptors (Lipinski definition) is 2. The second-order valence-corrected chi connectivity index (χ2v) is 8.34. The first-order chi connectivity index (χ1) is 15.1. The van der Waals surface area contributed by atoms with Crippen LogP contribution in [0.5, 0.6) is 11.5 Å². The molecular formula is C29H28O2. The molecule has 0 fully saturated rings. The van der Waals surface area contributed by atoms with E-state index in [-0.39, 0.29) is 22.8 Å². The van der Waals surface area contributed by atoms with Crippen molar-refractivity contribution in [2.75, 3.05) is 0 Å². The van der Waals surface area contributed by atoms with Gasteiger partial charge in [0.2, 0.25) is 0 Å².